The van der Waals surface area contributed by atoms with Gasteiger partial charge >= 0.3 is 11.9 Å². The number of aliphatic hydroxyl groups is 2. The van der Waals surface area contributed by atoms with Crippen molar-refractivity contribution in [2.75, 3.05) is 27.4 Å². The van der Waals surface area contributed by atoms with Gasteiger partial charge in [0.25, 0.3) is 0 Å². The van der Waals surface area contributed by atoms with E-state index in [4.69, 9.17) is 35.6 Å². The number of aromatic nitrogens is 2. The number of nitrogens with zero attached hydrogens (tertiary/aromatic N) is 2. The number of aliphatic carboxylic acids is 2. The van der Waals surface area contributed by atoms with Crippen molar-refractivity contribution in [2.24, 2.45) is 5.73 Å². The topological polar surface area (TPSA) is 214 Å². The SMILES string of the molecule is COc1nc(/C=C/c2cccc(-c3ccccc3)c2C)ccc1C=O.COc1nc(/C=C/c2cccc(-c3ccccc3)c2C)ccc1CN[C@H](CO)C(=O)O.N[C@H](CO)C(=O)O. The molecule has 0 fully saturated rings. The van der Waals surface area contributed by atoms with Crippen molar-refractivity contribution in [1.29, 1.82) is 0 Å². The summed E-state index contributed by atoms with van der Waals surface area (Å²) in [5.74, 6) is -1.54. The van der Waals surface area contributed by atoms with Gasteiger partial charge in [-0.2, -0.15) is 0 Å². The van der Waals surface area contributed by atoms with Crippen LogP contribution in [0.2, 0.25) is 0 Å². The van der Waals surface area contributed by atoms with Gasteiger partial charge in [0.15, 0.2) is 6.29 Å². The van der Waals surface area contributed by atoms with Crippen LogP contribution in [0.4, 0.5) is 0 Å². The fourth-order valence-corrected chi connectivity index (χ4v) is 6.12. The van der Waals surface area contributed by atoms with Crippen LogP contribution in [0, 0.1) is 13.8 Å². The number of rotatable bonds is 16. The molecule has 2 heterocycles. The molecule has 4 aromatic carbocycles. The van der Waals surface area contributed by atoms with Crippen molar-refractivity contribution in [2.45, 2.75) is 32.5 Å². The average molecular weight is 853 g/mol. The second-order valence-electron chi connectivity index (χ2n) is 13.9. The Labute approximate surface area is 366 Å². The summed E-state index contributed by atoms with van der Waals surface area (Å²) < 4.78 is 10.5. The molecule has 0 radical (unpaired) electrons. The summed E-state index contributed by atoms with van der Waals surface area (Å²) in [4.78, 5) is 40.5. The zero-order valence-electron chi connectivity index (χ0n) is 35.5. The Kier molecular flexibility index (Phi) is 19.1. The van der Waals surface area contributed by atoms with Gasteiger partial charge in [0, 0.05) is 12.1 Å². The lowest BCUT2D eigenvalue weighted by Gasteiger charge is -2.13. The molecule has 6 rings (SSSR count). The van der Waals surface area contributed by atoms with Gasteiger partial charge in [0.1, 0.15) is 12.1 Å². The highest BCUT2D eigenvalue weighted by atomic mass is 16.5. The number of carbonyl (C=O) groups excluding carboxylic acids is 1. The molecular weight excluding hydrogens is 801 g/mol. The quantitative estimate of drug-likeness (QED) is 0.0532. The Morgan fingerprint density at radius 1 is 0.619 bits per heavy atom. The van der Waals surface area contributed by atoms with Crippen LogP contribution in [0.3, 0.4) is 0 Å². The number of aldehydes is 1. The molecule has 2 atom stereocenters. The van der Waals surface area contributed by atoms with Crippen molar-refractivity contribution in [3.05, 3.63) is 166 Å². The standard InChI is InChI=1S/C25H26N2O4.C22H19NO2.C3H7NO3/c1-17-18(9-6-10-22(17)19-7-4-3-5-8-19)11-13-21-14-12-20(24(27-21)31-2)15-26-23(16-28)25(29)30;1-16-17(9-6-10-21(16)18-7-4-3-5-8-18)11-13-20-14-12-19(15-24)22(23-20)25-2;4-2(1-5)3(6)7/h3-14,23,26,28H,15-16H2,1-2H3,(H,29,30);3-15H,1-2H3;2,5H,1,4H2,(H,6,7)/b2*13-11+;/t23-;;2-/m1.1/s1. The predicted octanol–water partition coefficient (Wildman–Crippen LogP) is 7.21. The molecule has 0 spiro atoms. The fourth-order valence-electron chi connectivity index (χ4n) is 6.12. The number of pyridine rings is 2. The second kappa shape index (κ2) is 24.8. The third kappa shape index (κ3) is 14.1. The average Bonchev–Trinajstić information content (AvgIpc) is 3.31. The van der Waals surface area contributed by atoms with E-state index >= 15 is 0 Å². The molecule has 7 N–H and O–H groups in total. The van der Waals surface area contributed by atoms with Crippen molar-refractivity contribution >= 4 is 42.5 Å². The summed E-state index contributed by atoms with van der Waals surface area (Å²) in [6.45, 7) is 3.44. The van der Waals surface area contributed by atoms with E-state index in [1.54, 1.807) is 12.1 Å². The molecule has 63 heavy (non-hydrogen) atoms. The van der Waals surface area contributed by atoms with Gasteiger partial charge < -0.3 is 35.6 Å². The number of nitrogens with two attached hydrogens (primary N) is 1. The maximum absolute atomic E-state index is 11.0. The predicted molar refractivity (Wildman–Crippen MR) is 246 cm³/mol. The molecule has 0 aliphatic rings. The Morgan fingerprint density at radius 3 is 1.52 bits per heavy atom. The molecule has 326 valence electrons. The van der Waals surface area contributed by atoms with E-state index in [0.29, 0.717) is 22.9 Å². The summed E-state index contributed by atoms with van der Waals surface area (Å²) >= 11 is 0. The van der Waals surface area contributed by atoms with Crippen molar-refractivity contribution in [3.8, 4) is 34.0 Å². The van der Waals surface area contributed by atoms with E-state index in [-0.39, 0.29) is 6.54 Å². The summed E-state index contributed by atoms with van der Waals surface area (Å²) in [7, 11) is 3.03. The minimum Gasteiger partial charge on any atom is -0.481 e. The first kappa shape index (κ1) is 48.4. The first-order valence-corrected chi connectivity index (χ1v) is 19.8. The fraction of sp³-hybridized carbons (Fsp3) is 0.180. The Bertz CT molecular complexity index is 2490. The number of nitrogens with one attached hydrogen (secondary N) is 1. The van der Waals surface area contributed by atoms with Gasteiger partial charge in [-0.15, -0.1) is 0 Å². The monoisotopic (exact) mass is 852 g/mol. The lowest BCUT2D eigenvalue weighted by atomic mass is 9.96. The van der Waals surface area contributed by atoms with Gasteiger partial charge in [-0.3, -0.25) is 19.7 Å². The first-order chi connectivity index (χ1) is 30.4. The van der Waals surface area contributed by atoms with E-state index in [2.05, 4.69) is 83.7 Å². The summed E-state index contributed by atoms with van der Waals surface area (Å²) in [5.41, 5.74) is 16.8. The van der Waals surface area contributed by atoms with E-state index in [0.717, 1.165) is 28.8 Å². The number of aliphatic hydroxyl groups excluding tert-OH is 2. The number of carboxylic acid groups (broad SMARTS) is 2. The molecular formula is C50H52N4O9. The molecule has 0 saturated heterocycles. The summed E-state index contributed by atoms with van der Waals surface area (Å²) in [5, 5.41) is 36.8. The number of carboxylic acids is 2. The molecule has 0 aliphatic carbocycles. The van der Waals surface area contributed by atoms with E-state index in [9.17, 15) is 14.4 Å². The lowest BCUT2D eigenvalue weighted by molar-refractivity contribution is -0.141. The van der Waals surface area contributed by atoms with Gasteiger partial charge in [-0.1, -0.05) is 115 Å². The van der Waals surface area contributed by atoms with Crippen LogP contribution in [-0.4, -0.2) is 88.1 Å². The number of ether oxygens (including phenoxy) is 2. The molecule has 0 amide bonds. The maximum atomic E-state index is 11.0. The number of hydrogen-bond donors (Lipinski definition) is 6. The molecule has 0 bridgehead atoms. The lowest BCUT2D eigenvalue weighted by Crippen LogP contribution is -2.39. The van der Waals surface area contributed by atoms with Crippen molar-refractivity contribution in [3.63, 3.8) is 0 Å². The molecule has 0 unspecified atom stereocenters. The van der Waals surface area contributed by atoms with Crippen LogP contribution in [-0.2, 0) is 16.1 Å². The normalized spacial score (nSPS) is 11.7. The van der Waals surface area contributed by atoms with Crippen LogP contribution in [0.5, 0.6) is 11.8 Å². The number of hydrogen-bond acceptors (Lipinski definition) is 11. The van der Waals surface area contributed by atoms with Crippen LogP contribution < -0.4 is 20.5 Å². The second-order valence-corrected chi connectivity index (χ2v) is 13.9. The van der Waals surface area contributed by atoms with Gasteiger partial charge in [-0.25, -0.2) is 9.97 Å². The Morgan fingerprint density at radius 2 is 1.11 bits per heavy atom. The maximum Gasteiger partial charge on any atom is 0.323 e. The van der Waals surface area contributed by atoms with Crippen molar-refractivity contribution < 1.29 is 44.3 Å². The van der Waals surface area contributed by atoms with E-state index in [1.807, 2.05) is 78.9 Å². The minimum atomic E-state index is -1.18. The van der Waals surface area contributed by atoms with Gasteiger partial charge in [0.05, 0.1) is 44.4 Å². The van der Waals surface area contributed by atoms with Gasteiger partial charge in [0.2, 0.25) is 11.8 Å². The zero-order chi connectivity index (χ0) is 45.7. The summed E-state index contributed by atoms with van der Waals surface area (Å²) in [6.07, 6.45) is 8.64. The third-order valence-corrected chi connectivity index (χ3v) is 9.71. The van der Waals surface area contributed by atoms with Crippen LogP contribution in [0.25, 0.3) is 46.6 Å². The molecule has 6 aromatic rings. The third-order valence-electron chi connectivity index (χ3n) is 9.71. The Hall–Kier alpha value is -7.29. The highest BCUT2D eigenvalue weighted by molar-refractivity contribution is 5.81. The highest BCUT2D eigenvalue weighted by Gasteiger charge is 2.16. The number of methoxy groups -OCH3 is 2. The molecule has 13 heteroatoms. The van der Waals surface area contributed by atoms with E-state index < -0.39 is 37.2 Å². The first-order valence-electron chi connectivity index (χ1n) is 19.8. The largest absolute Gasteiger partial charge is 0.481 e. The highest BCUT2D eigenvalue weighted by Crippen LogP contribution is 2.28. The number of benzene rings is 4. The zero-order valence-corrected chi connectivity index (χ0v) is 35.5. The van der Waals surface area contributed by atoms with Crippen molar-refractivity contribution in [1.82, 2.24) is 15.3 Å². The van der Waals surface area contributed by atoms with E-state index in [1.165, 1.54) is 47.6 Å². The Balaban J connectivity index is 0.000000244. The van der Waals surface area contributed by atoms with Crippen LogP contribution in [0.1, 0.15) is 49.6 Å². The molecule has 13 nitrogen and oxygen atoms in total. The van der Waals surface area contributed by atoms with Gasteiger partial charge in [-0.05, 0) is 88.7 Å². The minimum absolute atomic E-state index is 0.218. The number of carbonyl (C=O) groups is 3. The smallest absolute Gasteiger partial charge is 0.323 e. The molecule has 0 saturated carbocycles. The van der Waals surface area contributed by atoms with Crippen LogP contribution in [0.15, 0.2) is 121 Å². The van der Waals surface area contributed by atoms with Crippen LogP contribution >= 0.6 is 0 Å². The molecule has 2 aromatic heterocycles. The molecule has 0 aliphatic heterocycles. The summed E-state index contributed by atoms with van der Waals surface area (Å²) in [6, 6.07) is 38.1.